The van der Waals surface area contributed by atoms with Gasteiger partial charge in [0.1, 0.15) is 0 Å². The van der Waals surface area contributed by atoms with Crippen molar-refractivity contribution in [2.75, 3.05) is 11.9 Å². The number of para-hydroxylation sites is 1. The van der Waals surface area contributed by atoms with Crippen molar-refractivity contribution >= 4 is 32.5 Å². The number of pyridine rings is 1. The predicted octanol–water partition coefficient (Wildman–Crippen LogP) is 5.38. The molecule has 2 nitrogen and oxygen atoms in total. The van der Waals surface area contributed by atoms with Crippen molar-refractivity contribution in [2.45, 2.75) is 38.5 Å². The molecule has 0 unspecified atom stereocenters. The predicted molar refractivity (Wildman–Crippen MR) is 89.1 cm³/mol. The number of aromatic nitrogens is 1. The second kappa shape index (κ2) is 6.57. The third kappa shape index (κ3) is 3.32. The Morgan fingerprint density at radius 3 is 2.75 bits per heavy atom. The molecule has 1 heterocycles. The molecule has 0 amide bonds. The van der Waals surface area contributed by atoms with Gasteiger partial charge in [-0.2, -0.15) is 0 Å². The van der Waals surface area contributed by atoms with Crippen LogP contribution in [0.15, 0.2) is 34.9 Å². The first-order valence-corrected chi connectivity index (χ1v) is 8.40. The molecule has 0 spiro atoms. The summed E-state index contributed by atoms with van der Waals surface area (Å²) in [6.45, 7) is 1.08. The maximum absolute atomic E-state index is 4.55. The van der Waals surface area contributed by atoms with E-state index in [2.05, 4.69) is 50.5 Å². The zero-order chi connectivity index (χ0) is 13.8. The maximum atomic E-state index is 4.55. The lowest BCUT2D eigenvalue weighted by Crippen LogP contribution is -2.13. The lowest BCUT2D eigenvalue weighted by molar-refractivity contribution is 0.483. The van der Waals surface area contributed by atoms with E-state index in [4.69, 9.17) is 0 Å². The molecule has 1 aromatic carbocycles. The Balaban J connectivity index is 1.73. The Morgan fingerprint density at radius 2 is 1.95 bits per heavy atom. The van der Waals surface area contributed by atoms with Gasteiger partial charge in [0.25, 0.3) is 0 Å². The zero-order valence-corrected chi connectivity index (χ0v) is 13.3. The van der Waals surface area contributed by atoms with E-state index in [1.54, 1.807) is 0 Å². The maximum Gasteiger partial charge on any atom is 0.0934 e. The third-order valence-corrected chi connectivity index (χ3v) is 4.67. The van der Waals surface area contributed by atoms with Gasteiger partial charge in [-0.05, 0) is 46.8 Å². The summed E-state index contributed by atoms with van der Waals surface area (Å²) in [4.78, 5) is 4.55. The molecule has 0 atom stereocenters. The Kier molecular flexibility index (Phi) is 4.56. The normalized spacial score (nSPS) is 17.1. The molecule has 1 saturated carbocycles. The van der Waals surface area contributed by atoms with Crippen molar-refractivity contribution in [1.29, 1.82) is 0 Å². The fraction of sp³-hybridized carbons (Fsp3) is 0.471. The van der Waals surface area contributed by atoms with Crippen molar-refractivity contribution < 1.29 is 0 Å². The topological polar surface area (TPSA) is 24.9 Å². The van der Waals surface area contributed by atoms with Crippen LogP contribution in [0.4, 0.5) is 5.69 Å². The van der Waals surface area contributed by atoms with E-state index >= 15 is 0 Å². The lowest BCUT2D eigenvalue weighted by Gasteiger charge is -2.16. The van der Waals surface area contributed by atoms with E-state index in [0.29, 0.717) is 0 Å². The molecule has 0 saturated heterocycles. The highest BCUT2D eigenvalue weighted by molar-refractivity contribution is 9.10. The monoisotopic (exact) mass is 332 g/mol. The van der Waals surface area contributed by atoms with Crippen LogP contribution in [0.2, 0.25) is 0 Å². The highest BCUT2D eigenvalue weighted by atomic mass is 79.9. The Hall–Kier alpha value is -1.09. The van der Waals surface area contributed by atoms with Gasteiger partial charge >= 0.3 is 0 Å². The summed E-state index contributed by atoms with van der Waals surface area (Å²) >= 11 is 3.48. The second-order valence-corrected chi connectivity index (χ2v) is 6.68. The second-order valence-electron chi connectivity index (χ2n) is 5.77. The molecule has 20 heavy (non-hydrogen) atoms. The quantitative estimate of drug-likeness (QED) is 0.763. The van der Waals surface area contributed by atoms with Crippen molar-refractivity contribution in [3.05, 3.63) is 34.9 Å². The minimum Gasteiger partial charge on any atom is -0.383 e. The number of hydrogen-bond acceptors (Lipinski definition) is 2. The van der Waals surface area contributed by atoms with Gasteiger partial charge < -0.3 is 5.32 Å². The molecule has 3 heteroatoms. The first-order chi connectivity index (χ1) is 9.83. The van der Waals surface area contributed by atoms with Crippen molar-refractivity contribution in [2.24, 2.45) is 5.92 Å². The van der Waals surface area contributed by atoms with Crippen LogP contribution in [0.25, 0.3) is 10.9 Å². The Morgan fingerprint density at radius 1 is 1.15 bits per heavy atom. The Bertz CT molecular complexity index is 574. The van der Waals surface area contributed by atoms with E-state index in [-0.39, 0.29) is 0 Å². The van der Waals surface area contributed by atoms with Crippen LogP contribution in [0, 0.1) is 5.92 Å². The number of anilines is 1. The van der Waals surface area contributed by atoms with Gasteiger partial charge in [0.2, 0.25) is 0 Å². The minimum absolute atomic E-state index is 0.822. The molecule has 106 valence electrons. The van der Waals surface area contributed by atoms with E-state index in [1.165, 1.54) is 49.6 Å². The van der Waals surface area contributed by atoms with Gasteiger partial charge in [-0.15, -0.1) is 0 Å². The van der Waals surface area contributed by atoms with Crippen molar-refractivity contribution in [1.82, 2.24) is 4.98 Å². The number of hydrogen-bond donors (Lipinski definition) is 1. The van der Waals surface area contributed by atoms with E-state index < -0.39 is 0 Å². The largest absolute Gasteiger partial charge is 0.383 e. The summed E-state index contributed by atoms with van der Waals surface area (Å²) in [5, 5.41) is 4.81. The van der Waals surface area contributed by atoms with Crippen LogP contribution in [0.1, 0.15) is 38.5 Å². The first-order valence-electron chi connectivity index (χ1n) is 7.61. The molecule has 0 aliphatic heterocycles. The molecule has 1 aromatic heterocycles. The van der Waals surface area contributed by atoms with Crippen LogP contribution < -0.4 is 5.32 Å². The third-order valence-electron chi connectivity index (χ3n) is 4.23. The zero-order valence-electron chi connectivity index (χ0n) is 11.7. The molecule has 3 rings (SSSR count). The number of benzene rings is 1. The molecule has 2 aromatic rings. The van der Waals surface area contributed by atoms with E-state index in [1.807, 2.05) is 6.20 Å². The van der Waals surface area contributed by atoms with Gasteiger partial charge in [-0.3, -0.25) is 4.98 Å². The van der Waals surface area contributed by atoms with Gasteiger partial charge in [0.05, 0.1) is 11.2 Å². The lowest BCUT2D eigenvalue weighted by atomic mass is 10.0. The summed E-state index contributed by atoms with van der Waals surface area (Å²) in [5.41, 5.74) is 2.24. The van der Waals surface area contributed by atoms with Gasteiger partial charge in [0, 0.05) is 22.6 Å². The average molecular weight is 333 g/mol. The number of nitrogens with zero attached hydrogens (tertiary/aromatic N) is 1. The standard InChI is InChI=1S/C17H21BrN2/c18-15-10-14-8-5-9-16(17(14)20-12-15)19-11-13-6-3-1-2-4-7-13/h5,8-10,12-13,19H,1-4,6-7,11H2. The smallest absolute Gasteiger partial charge is 0.0934 e. The highest BCUT2D eigenvalue weighted by Gasteiger charge is 2.12. The molecular weight excluding hydrogens is 312 g/mol. The number of fused-ring (bicyclic) bond motifs is 1. The molecule has 0 radical (unpaired) electrons. The van der Waals surface area contributed by atoms with E-state index in [9.17, 15) is 0 Å². The molecular formula is C17H21BrN2. The molecule has 1 aliphatic carbocycles. The molecule has 0 bridgehead atoms. The van der Waals surface area contributed by atoms with E-state index in [0.717, 1.165) is 22.5 Å². The molecule has 1 aliphatic rings. The number of rotatable bonds is 3. The highest BCUT2D eigenvalue weighted by Crippen LogP contribution is 2.26. The number of halogens is 1. The molecule has 1 fully saturated rings. The van der Waals surface area contributed by atoms with Crippen LogP contribution in [0.5, 0.6) is 0 Å². The van der Waals surface area contributed by atoms with Gasteiger partial charge in [-0.25, -0.2) is 0 Å². The Labute approximate surface area is 129 Å². The fourth-order valence-corrected chi connectivity index (χ4v) is 3.45. The summed E-state index contributed by atoms with van der Waals surface area (Å²) < 4.78 is 1.03. The van der Waals surface area contributed by atoms with Crippen LogP contribution in [0.3, 0.4) is 0 Å². The number of nitrogens with one attached hydrogen (secondary N) is 1. The van der Waals surface area contributed by atoms with Crippen molar-refractivity contribution in [3.63, 3.8) is 0 Å². The summed E-state index contributed by atoms with van der Waals surface area (Å²) in [7, 11) is 0. The SMILES string of the molecule is Brc1cnc2c(NCC3CCCCCC3)cccc2c1. The minimum atomic E-state index is 0.822. The van der Waals surface area contributed by atoms with Crippen molar-refractivity contribution in [3.8, 4) is 0 Å². The summed E-state index contributed by atoms with van der Waals surface area (Å²) in [6.07, 6.45) is 10.2. The summed E-state index contributed by atoms with van der Waals surface area (Å²) in [6, 6.07) is 8.48. The summed E-state index contributed by atoms with van der Waals surface area (Å²) in [5.74, 6) is 0.822. The van der Waals surface area contributed by atoms with Crippen LogP contribution in [-0.4, -0.2) is 11.5 Å². The fourth-order valence-electron chi connectivity index (χ4n) is 3.10. The van der Waals surface area contributed by atoms with Gasteiger partial charge in [-0.1, -0.05) is 37.8 Å². The average Bonchev–Trinajstić information content (AvgIpc) is 2.73. The van der Waals surface area contributed by atoms with Crippen LogP contribution in [-0.2, 0) is 0 Å². The van der Waals surface area contributed by atoms with Crippen LogP contribution >= 0.6 is 15.9 Å². The van der Waals surface area contributed by atoms with Gasteiger partial charge in [0.15, 0.2) is 0 Å². The molecule has 1 N–H and O–H groups in total. The first kappa shape index (κ1) is 13.9.